The van der Waals surface area contributed by atoms with Crippen molar-refractivity contribution in [2.75, 3.05) is 12.8 Å². The van der Waals surface area contributed by atoms with Crippen LogP contribution in [0.2, 0.25) is 5.02 Å². The largest absolute Gasteiger partial charge is 0.341 e. The number of thioether (sulfide) groups is 1. The Morgan fingerprint density at radius 1 is 1.20 bits per heavy atom. The summed E-state index contributed by atoms with van der Waals surface area (Å²) in [6.07, 6.45) is 0. The average Bonchev–Trinajstić information content (AvgIpc) is 3.20. The lowest BCUT2D eigenvalue weighted by Crippen LogP contribution is -2.28. The van der Waals surface area contributed by atoms with Gasteiger partial charge in [-0.05, 0) is 40.3 Å². The number of aromatic nitrogens is 5. The van der Waals surface area contributed by atoms with Crippen LogP contribution in [0.5, 0.6) is 0 Å². The smallest absolute Gasteiger partial charge is 0.248 e. The summed E-state index contributed by atoms with van der Waals surface area (Å²) in [5, 5.41) is 13.6. The number of tetrazole rings is 1. The highest BCUT2D eigenvalue weighted by Gasteiger charge is 2.16. The molecule has 152 valence electrons. The lowest BCUT2D eigenvalue weighted by atomic mass is 10.1. The number of carbonyl (C=O) groups excluding carboxylic acids is 1. The van der Waals surface area contributed by atoms with Crippen molar-refractivity contribution in [3.05, 3.63) is 75.5 Å². The molecular weight excluding hydrogens is 424 g/mol. The zero-order valence-electron chi connectivity index (χ0n) is 15.9. The summed E-state index contributed by atoms with van der Waals surface area (Å²) in [6, 6.07) is 16.2. The molecule has 4 aromatic rings. The number of rotatable bonds is 6. The fourth-order valence-electron chi connectivity index (χ4n) is 3.03. The van der Waals surface area contributed by atoms with Crippen molar-refractivity contribution < 1.29 is 4.79 Å². The van der Waals surface area contributed by atoms with Gasteiger partial charge >= 0.3 is 0 Å². The van der Waals surface area contributed by atoms with E-state index in [1.54, 1.807) is 30.1 Å². The van der Waals surface area contributed by atoms with Crippen molar-refractivity contribution in [2.24, 2.45) is 0 Å². The average molecular weight is 441 g/mol. The maximum absolute atomic E-state index is 12.7. The topological polar surface area (TPSA) is 96.8 Å². The first-order valence-corrected chi connectivity index (χ1v) is 10.4. The van der Waals surface area contributed by atoms with Gasteiger partial charge in [-0.15, -0.1) is 5.10 Å². The van der Waals surface area contributed by atoms with Crippen molar-refractivity contribution in [3.8, 4) is 5.69 Å². The lowest BCUT2D eigenvalue weighted by molar-refractivity contribution is -0.127. The Kier molecular flexibility index (Phi) is 5.82. The van der Waals surface area contributed by atoms with Gasteiger partial charge in [0, 0.05) is 35.6 Å². The van der Waals surface area contributed by atoms with Gasteiger partial charge in [0.15, 0.2) is 0 Å². The van der Waals surface area contributed by atoms with Crippen molar-refractivity contribution in [2.45, 2.75) is 11.7 Å². The van der Waals surface area contributed by atoms with E-state index in [2.05, 4.69) is 20.5 Å². The first kappa shape index (κ1) is 20.1. The third-order valence-electron chi connectivity index (χ3n) is 4.49. The summed E-state index contributed by atoms with van der Waals surface area (Å²) < 4.78 is 1.54. The van der Waals surface area contributed by atoms with E-state index < -0.39 is 0 Å². The van der Waals surface area contributed by atoms with Crippen molar-refractivity contribution in [1.29, 1.82) is 0 Å². The Labute approximate surface area is 180 Å². The van der Waals surface area contributed by atoms with Crippen LogP contribution >= 0.6 is 23.4 Å². The number of nitrogens with zero attached hydrogens (tertiary/aromatic N) is 5. The third kappa shape index (κ3) is 4.37. The van der Waals surface area contributed by atoms with Crippen molar-refractivity contribution in [3.63, 3.8) is 0 Å². The summed E-state index contributed by atoms with van der Waals surface area (Å²) in [5.74, 6) is 0.0449. The number of amides is 1. The summed E-state index contributed by atoms with van der Waals surface area (Å²) in [7, 11) is 1.71. The molecule has 0 atom stereocenters. The molecule has 4 rings (SSSR count). The maximum Gasteiger partial charge on any atom is 0.248 e. The Balaban J connectivity index is 1.46. The fraction of sp³-hybridized carbons (Fsp3) is 0.150. The number of pyridine rings is 1. The number of hydrogen-bond acceptors (Lipinski definition) is 6. The zero-order valence-corrected chi connectivity index (χ0v) is 17.5. The number of halogens is 1. The molecule has 0 fully saturated rings. The van der Waals surface area contributed by atoms with Crippen LogP contribution < -0.4 is 5.56 Å². The zero-order chi connectivity index (χ0) is 21.1. The summed E-state index contributed by atoms with van der Waals surface area (Å²) in [5.41, 5.74) is 2.06. The van der Waals surface area contributed by atoms with Gasteiger partial charge in [0.25, 0.3) is 0 Å². The van der Waals surface area contributed by atoms with E-state index in [9.17, 15) is 9.59 Å². The minimum atomic E-state index is -0.195. The van der Waals surface area contributed by atoms with Crippen LogP contribution in [-0.2, 0) is 11.3 Å². The van der Waals surface area contributed by atoms with E-state index in [0.29, 0.717) is 22.4 Å². The van der Waals surface area contributed by atoms with Gasteiger partial charge in [-0.1, -0.05) is 47.6 Å². The monoisotopic (exact) mass is 440 g/mol. The fourth-order valence-corrected chi connectivity index (χ4v) is 4.04. The van der Waals surface area contributed by atoms with Crippen LogP contribution in [0, 0.1) is 0 Å². The summed E-state index contributed by atoms with van der Waals surface area (Å²) >= 11 is 7.27. The highest BCUT2D eigenvalue weighted by atomic mass is 35.5. The van der Waals surface area contributed by atoms with Crippen molar-refractivity contribution >= 4 is 40.2 Å². The van der Waals surface area contributed by atoms with Gasteiger partial charge in [-0.25, -0.2) is 0 Å². The molecule has 1 N–H and O–H groups in total. The molecule has 2 heterocycles. The van der Waals surface area contributed by atoms with Crippen molar-refractivity contribution in [1.82, 2.24) is 30.1 Å². The molecule has 8 nitrogen and oxygen atoms in total. The first-order chi connectivity index (χ1) is 14.5. The van der Waals surface area contributed by atoms with E-state index in [4.69, 9.17) is 11.6 Å². The van der Waals surface area contributed by atoms with E-state index in [-0.39, 0.29) is 17.2 Å². The molecule has 0 unspecified atom stereocenters. The molecule has 0 aliphatic rings. The predicted molar refractivity (Wildman–Crippen MR) is 116 cm³/mol. The molecule has 1 amide bonds. The van der Waals surface area contributed by atoms with E-state index >= 15 is 0 Å². The van der Waals surface area contributed by atoms with Gasteiger partial charge in [0.1, 0.15) is 0 Å². The van der Waals surface area contributed by atoms with Crippen LogP contribution in [0.3, 0.4) is 0 Å². The second kappa shape index (κ2) is 8.68. The van der Waals surface area contributed by atoms with Crippen LogP contribution in [0.1, 0.15) is 5.56 Å². The number of carbonyl (C=O) groups is 1. The van der Waals surface area contributed by atoms with Gasteiger partial charge < -0.3 is 9.88 Å². The first-order valence-electron chi connectivity index (χ1n) is 9.03. The molecule has 0 radical (unpaired) electrons. The molecule has 0 saturated carbocycles. The normalized spacial score (nSPS) is 11.0. The lowest BCUT2D eigenvalue weighted by Gasteiger charge is -2.18. The molecular formula is C20H17ClN6O2S. The van der Waals surface area contributed by atoms with Gasteiger partial charge in [-0.2, -0.15) is 4.68 Å². The Morgan fingerprint density at radius 2 is 2.03 bits per heavy atom. The number of fused-ring (bicyclic) bond motifs is 1. The number of aromatic amines is 1. The number of nitrogens with one attached hydrogen (secondary N) is 1. The quantitative estimate of drug-likeness (QED) is 0.463. The Bertz CT molecular complexity index is 1270. The second-order valence-corrected chi connectivity index (χ2v) is 7.97. The number of para-hydroxylation sites is 1. The maximum atomic E-state index is 12.7. The SMILES string of the molecule is CN(Cc1cc(=O)[nH]c2ccccc12)C(=O)CSc1nnnn1-c1cccc(Cl)c1. The summed E-state index contributed by atoms with van der Waals surface area (Å²) in [4.78, 5) is 29.0. The number of H-pyrrole nitrogens is 1. The molecule has 0 aliphatic heterocycles. The molecule has 0 saturated heterocycles. The van der Waals surface area contributed by atoms with E-state index in [1.165, 1.54) is 22.5 Å². The van der Waals surface area contributed by atoms with Crippen LogP contribution in [0.15, 0.2) is 64.5 Å². The molecule has 0 aliphatic carbocycles. The molecule has 2 aromatic heterocycles. The van der Waals surface area contributed by atoms with Crippen LogP contribution in [0.25, 0.3) is 16.6 Å². The van der Waals surface area contributed by atoms with E-state index in [1.807, 2.05) is 30.3 Å². The second-order valence-electron chi connectivity index (χ2n) is 6.60. The van der Waals surface area contributed by atoms with Gasteiger partial charge in [0.05, 0.1) is 11.4 Å². The molecule has 0 spiro atoms. The third-order valence-corrected chi connectivity index (χ3v) is 5.63. The number of benzene rings is 2. The highest BCUT2D eigenvalue weighted by Crippen LogP contribution is 2.21. The van der Waals surface area contributed by atoms with Crippen LogP contribution in [-0.4, -0.2) is 48.8 Å². The highest BCUT2D eigenvalue weighted by molar-refractivity contribution is 7.99. The minimum Gasteiger partial charge on any atom is -0.341 e. The molecule has 2 aromatic carbocycles. The molecule has 0 bridgehead atoms. The number of hydrogen-bond donors (Lipinski definition) is 1. The predicted octanol–water partition coefficient (Wildman–Crippen LogP) is 2.91. The van der Waals surface area contributed by atoms with Crippen LogP contribution in [0.4, 0.5) is 0 Å². The summed E-state index contributed by atoms with van der Waals surface area (Å²) in [6.45, 7) is 0.322. The van der Waals surface area contributed by atoms with E-state index in [0.717, 1.165) is 16.5 Å². The minimum absolute atomic E-state index is 0.106. The van der Waals surface area contributed by atoms with Gasteiger partial charge in [-0.3, -0.25) is 9.59 Å². The standard InChI is InChI=1S/C20H17ClN6O2S/c1-26(11-13-9-18(28)22-17-8-3-2-7-16(13)17)19(29)12-30-20-23-24-25-27(20)15-6-4-5-14(21)10-15/h2-10H,11-12H2,1H3,(H,22,28). The Morgan fingerprint density at radius 3 is 2.87 bits per heavy atom. The van der Waals surface area contributed by atoms with Gasteiger partial charge in [0.2, 0.25) is 16.6 Å². The Hall–Kier alpha value is -3.17. The molecule has 30 heavy (non-hydrogen) atoms. The molecule has 10 heteroatoms.